The fourth-order valence-corrected chi connectivity index (χ4v) is 3.81. The summed E-state index contributed by atoms with van der Waals surface area (Å²) < 4.78 is 0. The van der Waals surface area contributed by atoms with Gasteiger partial charge in [-0.3, -0.25) is 10.2 Å². The number of nitrogens with one attached hydrogen (secondary N) is 1. The lowest BCUT2D eigenvalue weighted by Crippen LogP contribution is -2.12. The summed E-state index contributed by atoms with van der Waals surface area (Å²) in [5, 5.41) is 10.8. The Hall–Kier alpha value is -2.38. The van der Waals surface area contributed by atoms with Gasteiger partial charge < -0.3 is 5.73 Å². The van der Waals surface area contributed by atoms with E-state index in [1.54, 1.807) is 6.20 Å². The Morgan fingerprint density at radius 1 is 1.17 bits per heavy atom. The number of nitrogens with zero attached hydrogens (tertiary/aromatic N) is 2. The van der Waals surface area contributed by atoms with Crippen molar-refractivity contribution >= 4 is 34.3 Å². The highest BCUT2D eigenvalue weighted by atomic mass is 32.1. The van der Waals surface area contributed by atoms with Crippen molar-refractivity contribution in [2.75, 3.05) is 0 Å². The third-order valence-electron chi connectivity index (χ3n) is 3.11. The summed E-state index contributed by atoms with van der Waals surface area (Å²) in [6.07, 6.45) is 2.39. The lowest BCUT2D eigenvalue weighted by atomic mass is 10.1. The second-order valence-corrected chi connectivity index (χ2v) is 6.97. The molecule has 5 nitrogen and oxygen atoms in total. The molecule has 3 N–H and O–H groups in total. The molecule has 7 heteroatoms. The third kappa shape index (κ3) is 3.88. The Morgan fingerprint density at radius 3 is 2.70 bits per heavy atom. The maximum Gasteiger partial charge on any atom is 0.169 e. The number of ketones is 1. The number of amidine groups is 1. The van der Waals surface area contributed by atoms with Crippen LogP contribution in [-0.4, -0.2) is 21.6 Å². The molecule has 3 aromatic rings. The summed E-state index contributed by atoms with van der Waals surface area (Å²) in [5.74, 6) is 0.159. The number of carbonyl (C=O) groups excluding carboxylic acids is 1. The van der Waals surface area contributed by atoms with Crippen molar-refractivity contribution in [1.29, 1.82) is 5.41 Å². The van der Waals surface area contributed by atoms with Crippen LogP contribution in [-0.2, 0) is 12.8 Å². The van der Waals surface area contributed by atoms with Gasteiger partial charge in [0.25, 0.3) is 0 Å². The first-order valence-electron chi connectivity index (χ1n) is 6.92. The monoisotopic (exact) mass is 342 g/mol. The quantitative estimate of drug-likeness (QED) is 0.409. The Bertz CT molecular complexity index is 839. The highest BCUT2D eigenvalue weighted by Gasteiger charge is 2.13. The van der Waals surface area contributed by atoms with E-state index in [1.165, 1.54) is 22.7 Å². The molecule has 2 heterocycles. The van der Waals surface area contributed by atoms with Gasteiger partial charge in [-0.1, -0.05) is 30.3 Å². The van der Waals surface area contributed by atoms with Gasteiger partial charge in [0.2, 0.25) is 0 Å². The summed E-state index contributed by atoms with van der Waals surface area (Å²) in [6.45, 7) is 0. The fourth-order valence-electron chi connectivity index (χ4n) is 2.04. The molecule has 0 fully saturated rings. The first kappa shape index (κ1) is 15.5. The Kier molecular flexibility index (Phi) is 4.59. The van der Waals surface area contributed by atoms with E-state index in [4.69, 9.17) is 11.1 Å². The molecule has 0 aliphatic heterocycles. The average molecular weight is 342 g/mol. The second kappa shape index (κ2) is 6.80. The third-order valence-corrected chi connectivity index (χ3v) is 4.98. The van der Waals surface area contributed by atoms with Crippen molar-refractivity contribution in [2.24, 2.45) is 5.73 Å². The van der Waals surface area contributed by atoms with Gasteiger partial charge in [-0.05, 0) is 0 Å². The standard InChI is InChI=1S/C16H14N4OS2/c17-14(18)7-15-19-8-13(23-15)11-9-22-16(20-11)6-12(21)10-4-2-1-3-5-10/h1-5,8-9H,6-7H2,(H3,17,18). The average Bonchev–Trinajstić information content (AvgIpc) is 3.17. The zero-order valence-electron chi connectivity index (χ0n) is 12.2. The van der Waals surface area contributed by atoms with Gasteiger partial charge in [0.15, 0.2) is 5.78 Å². The van der Waals surface area contributed by atoms with E-state index >= 15 is 0 Å². The number of hydrogen-bond acceptors (Lipinski definition) is 6. The second-order valence-electron chi connectivity index (χ2n) is 4.91. The van der Waals surface area contributed by atoms with E-state index in [-0.39, 0.29) is 11.6 Å². The lowest BCUT2D eigenvalue weighted by molar-refractivity contribution is 0.0993. The number of hydrogen-bond donors (Lipinski definition) is 2. The molecule has 0 atom stereocenters. The highest BCUT2D eigenvalue weighted by Crippen LogP contribution is 2.28. The molecule has 0 bridgehead atoms. The van der Waals surface area contributed by atoms with Crippen molar-refractivity contribution in [1.82, 2.24) is 9.97 Å². The zero-order chi connectivity index (χ0) is 16.2. The van der Waals surface area contributed by atoms with Crippen LogP contribution >= 0.6 is 22.7 Å². The van der Waals surface area contributed by atoms with Crippen LogP contribution in [0, 0.1) is 5.41 Å². The number of thiazole rings is 2. The first-order valence-corrected chi connectivity index (χ1v) is 8.62. The number of rotatable bonds is 6. The van der Waals surface area contributed by atoms with Gasteiger partial charge in [0.1, 0.15) is 10.0 Å². The SMILES string of the molecule is N=C(N)Cc1ncc(-c2csc(CC(=O)c3ccccc3)n2)s1. The minimum atomic E-state index is 0.0630. The van der Waals surface area contributed by atoms with E-state index in [0.717, 1.165) is 20.6 Å². The van der Waals surface area contributed by atoms with Gasteiger partial charge in [-0.15, -0.1) is 22.7 Å². The number of carbonyl (C=O) groups is 1. The van der Waals surface area contributed by atoms with Gasteiger partial charge in [0.05, 0.1) is 29.2 Å². The summed E-state index contributed by atoms with van der Waals surface area (Å²) in [5.41, 5.74) is 6.90. The molecular formula is C16H14N4OS2. The highest BCUT2D eigenvalue weighted by molar-refractivity contribution is 7.15. The van der Waals surface area contributed by atoms with Crippen LogP contribution in [0.4, 0.5) is 0 Å². The molecule has 0 aliphatic carbocycles. The Balaban J connectivity index is 1.72. The van der Waals surface area contributed by atoms with Crippen molar-refractivity contribution in [2.45, 2.75) is 12.8 Å². The zero-order valence-corrected chi connectivity index (χ0v) is 13.8. The molecule has 0 saturated heterocycles. The Labute approximate surface area is 141 Å². The fraction of sp³-hybridized carbons (Fsp3) is 0.125. The maximum absolute atomic E-state index is 12.2. The van der Waals surface area contributed by atoms with E-state index in [9.17, 15) is 4.79 Å². The van der Waals surface area contributed by atoms with Crippen molar-refractivity contribution in [3.8, 4) is 10.6 Å². The molecule has 0 amide bonds. The predicted molar refractivity (Wildman–Crippen MR) is 93.3 cm³/mol. The molecule has 23 heavy (non-hydrogen) atoms. The molecule has 0 aliphatic rings. The number of nitrogens with two attached hydrogens (primary N) is 1. The topological polar surface area (TPSA) is 92.7 Å². The molecular weight excluding hydrogens is 328 g/mol. The van der Waals surface area contributed by atoms with Crippen LogP contribution in [0.2, 0.25) is 0 Å². The van der Waals surface area contributed by atoms with E-state index in [0.29, 0.717) is 18.4 Å². The van der Waals surface area contributed by atoms with Gasteiger partial charge in [-0.25, -0.2) is 9.97 Å². The number of Topliss-reactive ketones (excluding diaryl/α,β-unsaturated/α-hetero) is 1. The van der Waals surface area contributed by atoms with E-state index in [2.05, 4.69) is 9.97 Å². The van der Waals surface area contributed by atoms with Gasteiger partial charge in [-0.2, -0.15) is 0 Å². The molecule has 3 rings (SSSR count). The van der Waals surface area contributed by atoms with E-state index in [1.807, 2.05) is 35.7 Å². The minimum absolute atomic E-state index is 0.0630. The van der Waals surface area contributed by atoms with E-state index < -0.39 is 0 Å². The summed E-state index contributed by atoms with van der Waals surface area (Å²) in [6, 6.07) is 9.23. The Morgan fingerprint density at radius 2 is 1.96 bits per heavy atom. The molecule has 1 aromatic carbocycles. The van der Waals surface area contributed by atoms with Crippen molar-refractivity contribution < 1.29 is 4.79 Å². The number of benzene rings is 1. The molecule has 116 valence electrons. The van der Waals surface area contributed by atoms with Crippen molar-refractivity contribution in [3.63, 3.8) is 0 Å². The predicted octanol–water partition coefficient (Wildman–Crippen LogP) is 3.17. The molecule has 0 spiro atoms. The largest absolute Gasteiger partial charge is 0.387 e. The molecule has 0 radical (unpaired) electrons. The van der Waals surface area contributed by atoms with Crippen LogP contribution < -0.4 is 5.73 Å². The van der Waals surface area contributed by atoms with Crippen LogP contribution in [0.15, 0.2) is 41.9 Å². The lowest BCUT2D eigenvalue weighted by Gasteiger charge is -1.97. The van der Waals surface area contributed by atoms with Gasteiger partial charge in [0, 0.05) is 17.1 Å². The number of aromatic nitrogens is 2. The van der Waals surface area contributed by atoms with Crippen LogP contribution in [0.25, 0.3) is 10.6 Å². The van der Waals surface area contributed by atoms with Crippen LogP contribution in [0.5, 0.6) is 0 Å². The van der Waals surface area contributed by atoms with Gasteiger partial charge >= 0.3 is 0 Å². The minimum Gasteiger partial charge on any atom is -0.387 e. The molecule has 0 saturated carbocycles. The maximum atomic E-state index is 12.2. The molecule has 0 unspecified atom stereocenters. The summed E-state index contributed by atoms with van der Waals surface area (Å²) in [4.78, 5) is 21.9. The smallest absolute Gasteiger partial charge is 0.169 e. The van der Waals surface area contributed by atoms with Crippen LogP contribution in [0.3, 0.4) is 0 Å². The summed E-state index contributed by atoms with van der Waals surface area (Å²) >= 11 is 2.94. The van der Waals surface area contributed by atoms with Crippen LogP contribution in [0.1, 0.15) is 20.4 Å². The normalized spacial score (nSPS) is 10.6. The summed E-state index contributed by atoms with van der Waals surface area (Å²) in [7, 11) is 0. The first-order chi connectivity index (χ1) is 11.1. The molecule has 2 aromatic heterocycles. The van der Waals surface area contributed by atoms with Crippen molar-refractivity contribution in [3.05, 3.63) is 57.5 Å².